The van der Waals surface area contributed by atoms with Crippen LogP contribution in [0.15, 0.2) is 78.2 Å². The molecule has 0 aliphatic heterocycles. The third-order valence-electron chi connectivity index (χ3n) is 5.06. The Morgan fingerprint density at radius 3 is 2.33 bits per heavy atom. The highest BCUT2D eigenvalue weighted by Crippen LogP contribution is 2.28. The van der Waals surface area contributed by atoms with Gasteiger partial charge in [0, 0.05) is 29.1 Å². The van der Waals surface area contributed by atoms with Gasteiger partial charge in [0.25, 0.3) is 5.91 Å². The van der Waals surface area contributed by atoms with Gasteiger partial charge in [-0.3, -0.25) is 14.4 Å². The molecule has 0 aliphatic rings. The molecule has 1 amide bonds. The van der Waals surface area contributed by atoms with Gasteiger partial charge in [-0.25, -0.2) is 17.8 Å². The predicted molar refractivity (Wildman–Crippen MR) is 131 cm³/mol. The van der Waals surface area contributed by atoms with Gasteiger partial charge in [0.15, 0.2) is 5.13 Å². The Labute approximate surface area is 195 Å². The molecule has 168 valence electrons. The highest BCUT2D eigenvalue weighted by molar-refractivity contribution is 7.92. The van der Waals surface area contributed by atoms with Gasteiger partial charge in [-0.1, -0.05) is 48.5 Å². The molecule has 0 aliphatic carbocycles. The van der Waals surface area contributed by atoms with E-state index >= 15 is 0 Å². The number of hydrogen-bond acceptors (Lipinski definition) is 5. The SMILES string of the molecule is CN(c1ccc(-c2csc(NC(=O)c3ccc(-c4ccccc4)c(F)c3)n2)cc1)S(C)(=O)=O. The summed E-state index contributed by atoms with van der Waals surface area (Å²) < 4.78 is 39.1. The first-order valence-electron chi connectivity index (χ1n) is 9.88. The highest BCUT2D eigenvalue weighted by atomic mass is 32.2. The number of halogens is 1. The van der Waals surface area contributed by atoms with Crippen LogP contribution >= 0.6 is 11.3 Å². The van der Waals surface area contributed by atoms with Crippen molar-refractivity contribution in [3.63, 3.8) is 0 Å². The summed E-state index contributed by atoms with van der Waals surface area (Å²) in [7, 11) is -1.86. The van der Waals surface area contributed by atoms with Crippen LogP contribution in [0.4, 0.5) is 15.2 Å². The third-order valence-corrected chi connectivity index (χ3v) is 7.03. The molecule has 3 aromatic carbocycles. The summed E-state index contributed by atoms with van der Waals surface area (Å²) in [5, 5.41) is 4.86. The van der Waals surface area contributed by atoms with Crippen molar-refractivity contribution in [2.75, 3.05) is 22.9 Å². The van der Waals surface area contributed by atoms with Crippen LogP contribution in [0.1, 0.15) is 10.4 Å². The molecule has 1 N–H and O–H groups in total. The van der Waals surface area contributed by atoms with Crippen LogP contribution in [0.25, 0.3) is 22.4 Å². The van der Waals surface area contributed by atoms with Crippen molar-refractivity contribution in [1.82, 2.24) is 4.98 Å². The number of rotatable bonds is 6. The molecule has 0 fully saturated rings. The predicted octanol–water partition coefficient (Wildman–Crippen LogP) is 5.26. The second kappa shape index (κ2) is 9.13. The van der Waals surface area contributed by atoms with Gasteiger partial charge in [-0.15, -0.1) is 11.3 Å². The molecular formula is C24H20FN3O3S2. The van der Waals surface area contributed by atoms with Gasteiger partial charge in [-0.2, -0.15) is 0 Å². The molecular weight excluding hydrogens is 461 g/mol. The topological polar surface area (TPSA) is 79.4 Å². The van der Waals surface area contributed by atoms with E-state index in [0.29, 0.717) is 22.1 Å². The Balaban J connectivity index is 1.47. The monoisotopic (exact) mass is 481 g/mol. The summed E-state index contributed by atoms with van der Waals surface area (Å²) in [5.41, 5.74) is 3.29. The smallest absolute Gasteiger partial charge is 0.257 e. The van der Waals surface area contributed by atoms with Gasteiger partial charge >= 0.3 is 0 Å². The van der Waals surface area contributed by atoms with Crippen molar-refractivity contribution in [3.8, 4) is 22.4 Å². The van der Waals surface area contributed by atoms with Gasteiger partial charge in [0.2, 0.25) is 10.0 Å². The number of aromatic nitrogens is 1. The van der Waals surface area contributed by atoms with Crippen LogP contribution in [0.5, 0.6) is 0 Å². The van der Waals surface area contributed by atoms with Crippen molar-refractivity contribution >= 4 is 38.1 Å². The minimum absolute atomic E-state index is 0.192. The van der Waals surface area contributed by atoms with Crippen molar-refractivity contribution < 1.29 is 17.6 Å². The number of amides is 1. The van der Waals surface area contributed by atoms with Crippen molar-refractivity contribution in [1.29, 1.82) is 0 Å². The first kappa shape index (κ1) is 22.6. The fourth-order valence-electron chi connectivity index (χ4n) is 3.17. The Morgan fingerprint density at radius 2 is 1.70 bits per heavy atom. The third kappa shape index (κ3) is 5.10. The van der Waals surface area contributed by atoms with Crippen LogP contribution in [0, 0.1) is 5.82 Å². The minimum atomic E-state index is -3.35. The molecule has 0 saturated heterocycles. The van der Waals surface area contributed by atoms with E-state index < -0.39 is 21.7 Å². The Hall–Kier alpha value is -3.56. The molecule has 6 nitrogen and oxygen atoms in total. The molecule has 0 radical (unpaired) electrons. The number of anilines is 2. The van der Waals surface area contributed by atoms with E-state index in [-0.39, 0.29) is 5.56 Å². The fraction of sp³-hybridized carbons (Fsp3) is 0.0833. The molecule has 1 aromatic heterocycles. The van der Waals surface area contributed by atoms with E-state index in [1.165, 1.54) is 28.8 Å². The Kier molecular flexibility index (Phi) is 6.26. The Bertz CT molecular complexity index is 1400. The summed E-state index contributed by atoms with van der Waals surface area (Å²) in [6, 6.07) is 20.4. The standard InChI is InChI=1S/C24H20FN3O3S2/c1-28(33(2,30)31)19-11-8-17(9-12-19)22-15-32-24(26-22)27-23(29)18-10-13-20(21(25)14-18)16-6-4-3-5-7-16/h3-15H,1-2H3,(H,26,27,29). The van der Waals surface area contributed by atoms with Crippen molar-refractivity contribution in [2.24, 2.45) is 0 Å². The largest absolute Gasteiger partial charge is 0.298 e. The number of carbonyl (C=O) groups is 1. The second-order valence-corrected chi connectivity index (χ2v) is 10.2. The summed E-state index contributed by atoms with van der Waals surface area (Å²) in [5.74, 6) is -0.938. The molecule has 33 heavy (non-hydrogen) atoms. The summed E-state index contributed by atoms with van der Waals surface area (Å²) in [6.07, 6.45) is 1.14. The number of hydrogen-bond donors (Lipinski definition) is 1. The van der Waals surface area contributed by atoms with E-state index in [2.05, 4.69) is 10.3 Å². The lowest BCUT2D eigenvalue weighted by Crippen LogP contribution is -2.24. The second-order valence-electron chi connectivity index (χ2n) is 7.33. The fourth-order valence-corrected chi connectivity index (χ4v) is 4.39. The first-order chi connectivity index (χ1) is 15.7. The van der Waals surface area contributed by atoms with Gasteiger partial charge in [-0.05, 0) is 29.8 Å². The van der Waals surface area contributed by atoms with Gasteiger partial charge in [0.05, 0.1) is 17.6 Å². The number of nitrogens with one attached hydrogen (secondary N) is 1. The maximum atomic E-state index is 14.6. The summed E-state index contributed by atoms with van der Waals surface area (Å²) >= 11 is 1.24. The van der Waals surface area contributed by atoms with Crippen LogP contribution in [-0.4, -0.2) is 32.6 Å². The molecule has 0 atom stereocenters. The van der Waals surface area contributed by atoms with Crippen molar-refractivity contribution in [2.45, 2.75) is 0 Å². The first-order valence-corrected chi connectivity index (χ1v) is 12.6. The number of sulfonamides is 1. The average molecular weight is 482 g/mol. The number of carbonyl (C=O) groups excluding carboxylic acids is 1. The molecule has 4 aromatic rings. The summed E-state index contributed by atoms with van der Waals surface area (Å²) in [4.78, 5) is 17.0. The lowest BCUT2D eigenvalue weighted by atomic mass is 10.0. The lowest BCUT2D eigenvalue weighted by molar-refractivity contribution is 0.102. The highest BCUT2D eigenvalue weighted by Gasteiger charge is 2.15. The van der Waals surface area contributed by atoms with E-state index in [4.69, 9.17) is 0 Å². The molecule has 0 saturated carbocycles. The summed E-state index contributed by atoms with van der Waals surface area (Å²) in [6.45, 7) is 0. The normalized spacial score (nSPS) is 11.2. The quantitative estimate of drug-likeness (QED) is 0.407. The lowest BCUT2D eigenvalue weighted by Gasteiger charge is -2.16. The van der Waals surface area contributed by atoms with E-state index in [1.54, 1.807) is 53.9 Å². The zero-order chi connectivity index (χ0) is 23.6. The molecule has 0 unspecified atom stereocenters. The molecule has 9 heteroatoms. The number of nitrogens with zero attached hydrogens (tertiary/aromatic N) is 2. The number of benzene rings is 3. The average Bonchev–Trinajstić information content (AvgIpc) is 3.27. The zero-order valence-electron chi connectivity index (χ0n) is 17.8. The minimum Gasteiger partial charge on any atom is -0.298 e. The number of thiazole rings is 1. The van der Waals surface area contributed by atoms with Gasteiger partial charge < -0.3 is 0 Å². The van der Waals surface area contributed by atoms with E-state index in [9.17, 15) is 17.6 Å². The van der Waals surface area contributed by atoms with Gasteiger partial charge in [0.1, 0.15) is 5.82 Å². The van der Waals surface area contributed by atoms with E-state index in [1.807, 2.05) is 18.2 Å². The van der Waals surface area contributed by atoms with Crippen molar-refractivity contribution in [3.05, 3.63) is 89.6 Å². The molecule has 1 heterocycles. The van der Waals surface area contributed by atoms with Crippen LogP contribution in [0.2, 0.25) is 0 Å². The maximum Gasteiger partial charge on any atom is 0.257 e. The molecule has 0 bridgehead atoms. The van der Waals surface area contributed by atoms with E-state index in [0.717, 1.165) is 17.4 Å². The maximum absolute atomic E-state index is 14.6. The molecule has 0 spiro atoms. The zero-order valence-corrected chi connectivity index (χ0v) is 19.5. The molecule has 4 rings (SSSR count). The van der Waals surface area contributed by atoms with Crippen LogP contribution < -0.4 is 9.62 Å². The van der Waals surface area contributed by atoms with Crippen LogP contribution in [0.3, 0.4) is 0 Å². The Morgan fingerprint density at radius 1 is 1.00 bits per heavy atom. The van der Waals surface area contributed by atoms with Crippen LogP contribution in [-0.2, 0) is 10.0 Å².